The highest BCUT2D eigenvalue weighted by Crippen LogP contribution is 2.11. The molecule has 0 aliphatic heterocycles. The molecule has 0 bridgehead atoms. The van der Waals surface area contributed by atoms with Gasteiger partial charge in [0.1, 0.15) is 6.04 Å². The highest BCUT2D eigenvalue weighted by atomic mass is 32.2. The maximum atomic E-state index is 11.2. The number of likely N-dealkylation sites (N-methyl/N-ethyl adjacent to an activating group) is 1. The molecular weight excluding hydrogens is 210 g/mol. The molecule has 0 aliphatic carbocycles. The smallest absolute Gasteiger partial charge is 0.322 e. The normalized spacial score (nSPS) is 12.9. The summed E-state index contributed by atoms with van der Waals surface area (Å²) < 4.78 is 4.69. The van der Waals surface area contributed by atoms with E-state index in [0.717, 1.165) is 18.1 Å². The highest BCUT2D eigenvalue weighted by molar-refractivity contribution is 7.99. The van der Waals surface area contributed by atoms with Crippen molar-refractivity contribution in [1.82, 2.24) is 5.32 Å². The number of ether oxygens (including phenoxy) is 1. The third kappa shape index (κ3) is 7.68. The van der Waals surface area contributed by atoms with Gasteiger partial charge in [0.2, 0.25) is 0 Å². The topological polar surface area (TPSA) is 38.3 Å². The summed E-state index contributed by atoms with van der Waals surface area (Å²) >= 11 is 1.91. The van der Waals surface area contributed by atoms with Crippen LogP contribution in [0.2, 0.25) is 0 Å². The van der Waals surface area contributed by atoms with Gasteiger partial charge in [-0.15, -0.1) is 0 Å². The van der Waals surface area contributed by atoms with Gasteiger partial charge in [-0.3, -0.25) is 4.79 Å². The second-order valence-corrected chi connectivity index (χ2v) is 5.17. The van der Waals surface area contributed by atoms with E-state index in [-0.39, 0.29) is 12.0 Å². The Labute approximate surface area is 97.3 Å². The first-order chi connectivity index (χ1) is 7.11. The Morgan fingerprint density at radius 1 is 1.33 bits per heavy atom. The van der Waals surface area contributed by atoms with Crippen molar-refractivity contribution in [2.45, 2.75) is 32.7 Å². The third-order valence-corrected chi connectivity index (χ3v) is 3.27. The van der Waals surface area contributed by atoms with Crippen molar-refractivity contribution in [3.63, 3.8) is 0 Å². The standard InChI is InChI=1S/C11H23NO2S/c1-9(2)5-7-15-8-6-10(12-3)11(13)14-4/h9-10,12H,5-8H2,1-4H3. The second kappa shape index (κ2) is 9.04. The minimum atomic E-state index is -0.165. The summed E-state index contributed by atoms with van der Waals surface area (Å²) in [4.78, 5) is 11.2. The zero-order chi connectivity index (χ0) is 11.7. The first-order valence-corrected chi connectivity index (χ1v) is 6.60. The molecule has 0 rings (SSSR count). The van der Waals surface area contributed by atoms with E-state index in [4.69, 9.17) is 0 Å². The molecule has 0 saturated carbocycles. The van der Waals surface area contributed by atoms with E-state index in [2.05, 4.69) is 23.9 Å². The van der Waals surface area contributed by atoms with Crippen LogP contribution in [0.25, 0.3) is 0 Å². The Kier molecular flexibility index (Phi) is 8.91. The summed E-state index contributed by atoms with van der Waals surface area (Å²) in [5.41, 5.74) is 0. The van der Waals surface area contributed by atoms with E-state index < -0.39 is 0 Å². The molecule has 1 N–H and O–H groups in total. The Morgan fingerprint density at radius 2 is 1.93 bits per heavy atom. The van der Waals surface area contributed by atoms with E-state index >= 15 is 0 Å². The molecule has 4 heteroatoms. The van der Waals surface area contributed by atoms with E-state index in [1.165, 1.54) is 19.3 Å². The largest absolute Gasteiger partial charge is 0.468 e. The number of carbonyl (C=O) groups excluding carboxylic acids is 1. The van der Waals surface area contributed by atoms with Crippen molar-refractivity contribution in [2.75, 3.05) is 25.7 Å². The van der Waals surface area contributed by atoms with Gasteiger partial charge in [0.25, 0.3) is 0 Å². The number of nitrogens with one attached hydrogen (secondary N) is 1. The van der Waals surface area contributed by atoms with Crippen LogP contribution in [0.5, 0.6) is 0 Å². The van der Waals surface area contributed by atoms with Crippen LogP contribution in [-0.2, 0) is 9.53 Å². The second-order valence-electron chi connectivity index (χ2n) is 3.95. The lowest BCUT2D eigenvalue weighted by molar-refractivity contribution is -0.143. The summed E-state index contributed by atoms with van der Waals surface area (Å²) in [7, 11) is 3.22. The molecule has 3 nitrogen and oxygen atoms in total. The molecule has 90 valence electrons. The van der Waals surface area contributed by atoms with Gasteiger partial charge >= 0.3 is 5.97 Å². The molecule has 0 spiro atoms. The predicted octanol–water partition coefficient (Wildman–Crippen LogP) is 1.92. The molecular formula is C11H23NO2S. The van der Waals surface area contributed by atoms with Crippen molar-refractivity contribution >= 4 is 17.7 Å². The number of rotatable bonds is 8. The van der Waals surface area contributed by atoms with E-state index in [0.29, 0.717) is 0 Å². The van der Waals surface area contributed by atoms with Crippen LogP contribution in [-0.4, -0.2) is 37.7 Å². The van der Waals surface area contributed by atoms with Gasteiger partial charge in [0.05, 0.1) is 7.11 Å². The number of carbonyl (C=O) groups is 1. The summed E-state index contributed by atoms with van der Waals surface area (Å²) in [6.45, 7) is 4.46. The summed E-state index contributed by atoms with van der Waals surface area (Å²) in [5.74, 6) is 2.78. The molecule has 0 amide bonds. The molecule has 0 aliphatic rings. The van der Waals surface area contributed by atoms with Gasteiger partial charge in [-0.2, -0.15) is 11.8 Å². The van der Waals surface area contributed by atoms with Crippen LogP contribution < -0.4 is 5.32 Å². The molecule has 0 saturated heterocycles. The zero-order valence-corrected chi connectivity index (χ0v) is 11.0. The van der Waals surface area contributed by atoms with Gasteiger partial charge in [-0.05, 0) is 37.3 Å². The van der Waals surface area contributed by atoms with Crippen LogP contribution in [0.4, 0.5) is 0 Å². The number of esters is 1. The number of hydrogen-bond acceptors (Lipinski definition) is 4. The summed E-state index contributed by atoms with van der Waals surface area (Å²) in [6, 6.07) is -0.151. The fourth-order valence-electron chi connectivity index (χ4n) is 1.14. The van der Waals surface area contributed by atoms with E-state index in [1.54, 1.807) is 7.05 Å². The fraction of sp³-hybridized carbons (Fsp3) is 0.909. The number of hydrogen-bond donors (Lipinski definition) is 1. The van der Waals surface area contributed by atoms with Crippen LogP contribution in [0, 0.1) is 5.92 Å². The first-order valence-electron chi connectivity index (χ1n) is 5.44. The average Bonchev–Trinajstić information content (AvgIpc) is 2.22. The van der Waals surface area contributed by atoms with Gasteiger partial charge in [0, 0.05) is 0 Å². The zero-order valence-electron chi connectivity index (χ0n) is 10.2. The maximum Gasteiger partial charge on any atom is 0.322 e. The number of thioether (sulfide) groups is 1. The third-order valence-electron chi connectivity index (χ3n) is 2.22. The SMILES string of the molecule is CNC(CCSCCC(C)C)C(=O)OC. The Balaban J connectivity index is 3.51. The lowest BCUT2D eigenvalue weighted by Crippen LogP contribution is -2.35. The van der Waals surface area contributed by atoms with Crippen LogP contribution in [0.15, 0.2) is 0 Å². The van der Waals surface area contributed by atoms with Crippen molar-refractivity contribution in [1.29, 1.82) is 0 Å². The average molecular weight is 233 g/mol. The highest BCUT2D eigenvalue weighted by Gasteiger charge is 2.15. The lowest BCUT2D eigenvalue weighted by atomic mass is 10.2. The molecule has 0 heterocycles. The quantitative estimate of drug-likeness (QED) is 0.513. The van der Waals surface area contributed by atoms with Gasteiger partial charge in [-0.25, -0.2) is 0 Å². The molecule has 0 aromatic carbocycles. The van der Waals surface area contributed by atoms with Crippen molar-refractivity contribution in [2.24, 2.45) is 5.92 Å². The van der Waals surface area contributed by atoms with Crippen LogP contribution >= 0.6 is 11.8 Å². The number of methoxy groups -OCH3 is 1. The molecule has 0 aromatic rings. The van der Waals surface area contributed by atoms with Crippen molar-refractivity contribution < 1.29 is 9.53 Å². The first kappa shape index (κ1) is 14.8. The lowest BCUT2D eigenvalue weighted by Gasteiger charge is -2.13. The van der Waals surface area contributed by atoms with E-state index in [9.17, 15) is 4.79 Å². The molecule has 0 fully saturated rings. The van der Waals surface area contributed by atoms with E-state index in [1.807, 2.05) is 11.8 Å². The Bertz CT molecular complexity index is 174. The Morgan fingerprint density at radius 3 is 2.40 bits per heavy atom. The molecule has 1 atom stereocenters. The molecule has 15 heavy (non-hydrogen) atoms. The molecule has 0 radical (unpaired) electrons. The summed E-state index contributed by atoms with van der Waals surface area (Å²) in [6.07, 6.45) is 2.08. The van der Waals surface area contributed by atoms with Crippen molar-refractivity contribution in [3.8, 4) is 0 Å². The molecule has 0 aromatic heterocycles. The molecule has 1 unspecified atom stereocenters. The van der Waals surface area contributed by atoms with Gasteiger partial charge in [0.15, 0.2) is 0 Å². The maximum absolute atomic E-state index is 11.2. The van der Waals surface area contributed by atoms with Gasteiger partial charge in [-0.1, -0.05) is 13.8 Å². The monoisotopic (exact) mass is 233 g/mol. The van der Waals surface area contributed by atoms with Crippen LogP contribution in [0.3, 0.4) is 0 Å². The van der Waals surface area contributed by atoms with Gasteiger partial charge < -0.3 is 10.1 Å². The predicted molar refractivity (Wildman–Crippen MR) is 66.3 cm³/mol. The minimum absolute atomic E-state index is 0.151. The van der Waals surface area contributed by atoms with Crippen molar-refractivity contribution in [3.05, 3.63) is 0 Å². The minimum Gasteiger partial charge on any atom is -0.468 e. The fourth-order valence-corrected chi connectivity index (χ4v) is 2.39. The van der Waals surface area contributed by atoms with Crippen LogP contribution in [0.1, 0.15) is 26.7 Å². The Hall–Kier alpha value is -0.220. The summed E-state index contributed by atoms with van der Waals surface area (Å²) in [5, 5.41) is 2.96.